The van der Waals surface area contributed by atoms with Crippen molar-refractivity contribution in [3.05, 3.63) is 71.7 Å². The fourth-order valence-corrected chi connectivity index (χ4v) is 2.80. The summed E-state index contributed by atoms with van der Waals surface area (Å²) in [6.45, 7) is 0.987. The van der Waals surface area contributed by atoms with E-state index in [0.29, 0.717) is 6.04 Å². The van der Waals surface area contributed by atoms with E-state index in [1.807, 2.05) is 0 Å². The van der Waals surface area contributed by atoms with E-state index in [9.17, 15) is 0 Å². The van der Waals surface area contributed by atoms with Gasteiger partial charge >= 0.3 is 0 Å². The summed E-state index contributed by atoms with van der Waals surface area (Å²) in [4.78, 5) is 0. The molecule has 2 nitrogen and oxygen atoms in total. The molecule has 0 aromatic carbocycles. The van der Waals surface area contributed by atoms with E-state index in [0.717, 1.165) is 6.54 Å². The predicted octanol–water partition coefficient (Wildman–Crippen LogP) is 2.29. The maximum Gasteiger partial charge on any atom is 0.0959 e. The number of rotatable bonds is 0. The molecule has 0 saturated carbocycles. The number of allylic oxidation sites excluding steroid dienone is 6. The molecule has 0 spiro atoms. The number of nitrogens with zero attached hydrogens (tertiary/aromatic N) is 2. The first-order valence-corrected chi connectivity index (χ1v) is 5.65. The lowest BCUT2D eigenvalue weighted by molar-refractivity contribution is 0.112. The van der Waals surface area contributed by atoms with Crippen LogP contribution in [0.1, 0.15) is 0 Å². The summed E-state index contributed by atoms with van der Waals surface area (Å²) >= 11 is 0. The molecule has 16 heavy (non-hydrogen) atoms. The van der Waals surface area contributed by atoms with Gasteiger partial charge < -0.3 is 0 Å². The Morgan fingerprint density at radius 2 is 2.06 bits per heavy atom. The third-order valence-electron chi connectivity index (χ3n) is 3.47. The first-order chi connectivity index (χ1) is 7.95. The van der Waals surface area contributed by atoms with Crippen molar-refractivity contribution >= 4 is 0 Å². The third-order valence-corrected chi connectivity index (χ3v) is 3.47. The molecule has 0 aromatic heterocycles. The first-order valence-electron chi connectivity index (χ1n) is 5.65. The summed E-state index contributed by atoms with van der Waals surface area (Å²) in [5, 5.41) is 4.66. The Kier molecular flexibility index (Phi) is 1.43. The van der Waals surface area contributed by atoms with Gasteiger partial charge in [0.2, 0.25) is 0 Å². The Labute approximate surface area is 94.8 Å². The Morgan fingerprint density at radius 1 is 1.12 bits per heavy atom. The summed E-state index contributed by atoms with van der Waals surface area (Å²) in [6.07, 6.45) is 19.7. The molecule has 2 aliphatic carbocycles. The van der Waals surface area contributed by atoms with Crippen molar-refractivity contribution in [1.29, 1.82) is 0 Å². The van der Waals surface area contributed by atoms with Crippen LogP contribution in [0.3, 0.4) is 0 Å². The van der Waals surface area contributed by atoms with Crippen LogP contribution in [0.15, 0.2) is 71.7 Å². The smallest absolute Gasteiger partial charge is 0.0959 e. The van der Waals surface area contributed by atoms with E-state index >= 15 is 0 Å². The van der Waals surface area contributed by atoms with E-state index < -0.39 is 0 Å². The lowest BCUT2D eigenvalue weighted by Gasteiger charge is -2.28. The molecule has 78 valence electrons. The lowest BCUT2D eigenvalue weighted by atomic mass is 9.93. The van der Waals surface area contributed by atoms with Crippen LogP contribution in [0, 0.1) is 0 Å². The topological polar surface area (TPSA) is 6.48 Å². The Bertz CT molecular complexity index is 529. The lowest BCUT2D eigenvalue weighted by Crippen LogP contribution is -2.34. The van der Waals surface area contributed by atoms with E-state index in [1.54, 1.807) is 0 Å². The fraction of sp³-hybridized carbons (Fsp3) is 0.143. The van der Waals surface area contributed by atoms with E-state index in [4.69, 9.17) is 0 Å². The quantitative estimate of drug-likeness (QED) is 0.602. The molecule has 0 amide bonds. The molecule has 2 heterocycles. The molecule has 0 N–H and O–H groups in total. The SMILES string of the molecule is C1=CC2=CC=CC3C2=C(C=C1)N1CC=CN31. The molecular weight excluding hydrogens is 196 g/mol. The van der Waals surface area contributed by atoms with Gasteiger partial charge in [-0.05, 0) is 17.7 Å². The van der Waals surface area contributed by atoms with Crippen molar-refractivity contribution in [2.45, 2.75) is 6.04 Å². The molecule has 0 radical (unpaired) electrons. The maximum absolute atomic E-state index is 2.34. The Morgan fingerprint density at radius 3 is 3.06 bits per heavy atom. The highest BCUT2D eigenvalue weighted by atomic mass is 15.7. The third kappa shape index (κ3) is 0.871. The van der Waals surface area contributed by atoms with Crippen molar-refractivity contribution in [3.8, 4) is 0 Å². The zero-order valence-electron chi connectivity index (χ0n) is 8.88. The minimum Gasteiger partial charge on any atom is -0.281 e. The van der Waals surface area contributed by atoms with Crippen LogP contribution in [0.25, 0.3) is 0 Å². The first kappa shape index (κ1) is 8.22. The molecule has 0 saturated heterocycles. The molecule has 0 aromatic rings. The van der Waals surface area contributed by atoms with Gasteiger partial charge in [0.05, 0.1) is 18.3 Å². The molecule has 0 fully saturated rings. The van der Waals surface area contributed by atoms with Gasteiger partial charge in [0.25, 0.3) is 0 Å². The van der Waals surface area contributed by atoms with Crippen LogP contribution in [0.2, 0.25) is 0 Å². The minimum atomic E-state index is 0.390. The molecule has 1 unspecified atom stereocenters. The van der Waals surface area contributed by atoms with Crippen LogP contribution >= 0.6 is 0 Å². The van der Waals surface area contributed by atoms with Crippen LogP contribution in [0.4, 0.5) is 0 Å². The van der Waals surface area contributed by atoms with Gasteiger partial charge in [-0.1, -0.05) is 36.5 Å². The standard InChI is InChI=1S/C14H12N2/c1-2-7-12-14-11(5-1)6-3-8-13(14)16-10-4-9-15(12)16/h1-8,10,13H,9H2. The Hall–Kier alpha value is -1.96. The molecule has 4 aliphatic rings. The number of fused-ring (bicyclic) bond motifs is 3. The monoisotopic (exact) mass is 208 g/mol. The second-order valence-corrected chi connectivity index (χ2v) is 4.32. The highest BCUT2D eigenvalue weighted by Gasteiger charge is 2.38. The average Bonchev–Trinajstić information content (AvgIpc) is 2.80. The average molecular weight is 208 g/mol. The molecule has 2 heteroatoms. The highest BCUT2D eigenvalue weighted by molar-refractivity contribution is 5.59. The largest absolute Gasteiger partial charge is 0.281 e. The van der Waals surface area contributed by atoms with E-state index in [2.05, 4.69) is 64.8 Å². The zero-order chi connectivity index (χ0) is 10.5. The van der Waals surface area contributed by atoms with Crippen molar-refractivity contribution < 1.29 is 0 Å². The summed E-state index contributed by atoms with van der Waals surface area (Å²) in [5.74, 6) is 0. The van der Waals surface area contributed by atoms with Crippen LogP contribution < -0.4 is 0 Å². The van der Waals surface area contributed by atoms with Crippen molar-refractivity contribution in [2.75, 3.05) is 6.54 Å². The van der Waals surface area contributed by atoms with Gasteiger partial charge in [0.1, 0.15) is 0 Å². The molecule has 0 bridgehead atoms. The molecule has 2 aliphatic heterocycles. The summed E-state index contributed by atoms with van der Waals surface area (Å²) in [5.41, 5.74) is 4.13. The second kappa shape index (κ2) is 2.79. The second-order valence-electron chi connectivity index (χ2n) is 4.32. The summed E-state index contributed by atoms with van der Waals surface area (Å²) < 4.78 is 0. The molecule has 1 atom stereocenters. The number of hydrazine groups is 1. The van der Waals surface area contributed by atoms with Crippen LogP contribution in [0.5, 0.6) is 0 Å². The summed E-state index contributed by atoms with van der Waals surface area (Å²) in [6, 6.07) is 0.390. The van der Waals surface area contributed by atoms with Crippen molar-refractivity contribution in [1.82, 2.24) is 10.0 Å². The van der Waals surface area contributed by atoms with Gasteiger partial charge in [-0.2, -0.15) is 0 Å². The van der Waals surface area contributed by atoms with Crippen molar-refractivity contribution in [3.63, 3.8) is 0 Å². The fourth-order valence-electron chi connectivity index (χ4n) is 2.80. The van der Waals surface area contributed by atoms with Crippen molar-refractivity contribution in [2.24, 2.45) is 0 Å². The normalized spacial score (nSPS) is 28.5. The van der Waals surface area contributed by atoms with E-state index in [-0.39, 0.29) is 0 Å². The molecular formula is C14H12N2. The van der Waals surface area contributed by atoms with Gasteiger partial charge in [-0.15, -0.1) is 0 Å². The van der Waals surface area contributed by atoms with E-state index in [1.165, 1.54) is 16.8 Å². The van der Waals surface area contributed by atoms with Gasteiger partial charge in [0, 0.05) is 11.8 Å². The number of hydrogen-bond donors (Lipinski definition) is 0. The zero-order valence-corrected chi connectivity index (χ0v) is 8.88. The van der Waals surface area contributed by atoms with Gasteiger partial charge in [0.15, 0.2) is 0 Å². The van der Waals surface area contributed by atoms with Crippen LogP contribution in [-0.4, -0.2) is 22.6 Å². The summed E-state index contributed by atoms with van der Waals surface area (Å²) in [7, 11) is 0. The maximum atomic E-state index is 2.34. The van der Waals surface area contributed by atoms with Gasteiger partial charge in [-0.25, -0.2) is 0 Å². The predicted molar refractivity (Wildman–Crippen MR) is 64.0 cm³/mol. The number of hydrogen-bond acceptors (Lipinski definition) is 2. The molecule has 4 rings (SSSR count). The minimum absolute atomic E-state index is 0.390. The highest BCUT2D eigenvalue weighted by Crippen LogP contribution is 2.40. The van der Waals surface area contributed by atoms with Gasteiger partial charge in [-0.3, -0.25) is 10.0 Å². The Balaban J connectivity index is 1.95. The van der Waals surface area contributed by atoms with Crippen LogP contribution in [-0.2, 0) is 0 Å².